The monoisotopic (exact) mass is 248 g/mol. The molecule has 0 bridgehead atoms. The summed E-state index contributed by atoms with van der Waals surface area (Å²) in [6.45, 7) is 3.31. The maximum absolute atomic E-state index is 13.9. The molecule has 0 spiro atoms. The smallest absolute Gasteiger partial charge is 0.164 e. The fourth-order valence-electron chi connectivity index (χ4n) is 1.89. The van der Waals surface area contributed by atoms with Gasteiger partial charge in [-0.1, -0.05) is 18.2 Å². The SMILES string of the molecule is Cc1ccc(C(N)c2cccnc2C)c(F)c1F. The topological polar surface area (TPSA) is 38.9 Å². The number of aryl methyl sites for hydroxylation is 2. The van der Waals surface area contributed by atoms with Crippen LogP contribution in [0.25, 0.3) is 0 Å². The van der Waals surface area contributed by atoms with E-state index in [4.69, 9.17) is 5.73 Å². The van der Waals surface area contributed by atoms with Crippen LogP contribution < -0.4 is 5.73 Å². The third-order valence-electron chi connectivity index (χ3n) is 3.02. The molecular weight excluding hydrogens is 234 g/mol. The number of nitrogens with two attached hydrogens (primary N) is 1. The van der Waals surface area contributed by atoms with E-state index in [1.165, 1.54) is 19.1 Å². The lowest BCUT2D eigenvalue weighted by molar-refractivity contribution is 0.489. The minimum atomic E-state index is -0.884. The van der Waals surface area contributed by atoms with Crippen LogP contribution in [-0.4, -0.2) is 4.98 Å². The van der Waals surface area contributed by atoms with Crippen LogP contribution in [0.5, 0.6) is 0 Å². The van der Waals surface area contributed by atoms with Gasteiger partial charge in [-0.2, -0.15) is 0 Å². The van der Waals surface area contributed by atoms with Crippen LogP contribution in [0.3, 0.4) is 0 Å². The van der Waals surface area contributed by atoms with Crippen molar-refractivity contribution >= 4 is 0 Å². The molecule has 2 N–H and O–H groups in total. The van der Waals surface area contributed by atoms with Gasteiger partial charge in [0.05, 0.1) is 6.04 Å². The predicted octanol–water partition coefficient (Wildman–Crippen LogP) is 3.02. The van der Waals surface area contributed by atoms with Crippen molar-refractivity contribution in [3.05, 3.63) is 64.5 Å². The van der Waals surface area contributed by atoms with Crippen molar-refractivity contribution in [1.29, 1.82) is 0 Å². The van der Waals surface area contributed by atoms with Crippen molar-refractivity contribution in [3.63, 3.8) is 0 Å². The molecule has 0 fully saturated rings. The number of hydrogen-bond acceptors (Lipinski definition) is 2. The zero-order valence-corrected chi connectivity index (χ0v) is 10.2. The Morgan fingerprint density at radius 2 is 1.78 bits per heavy atom. The number of halogens is 2. The van der Waals surface area contributed by atoms with Gasteiger partial charge in [0.15, 0.2) is 11.6 Å². The Kier molecular flexibility index (Phi) is 3.39. The van der Waals surface area contributed by atoms with Crippen LogP contribution in [-0.2, 0) is 0 Å². The van der Waals surface area contributed by atoms with Gasteiger partial charge in [-0.25, -0.2) is 8.78 Å². The lowest BCUT2D eigenvalue weighted by Crippen LogP contribution is -2.16. The molecule has 94 valence electrons. The van der Waals surface area contributed by atoms with Crippen LogP contribution in [0.1, 0.15) is 28.4 Å². The maximum atomic E-state index is 13.9. The number of rotatable bonds is 2. The van der Waals surface area contributed by atoms with E-state index in [9.17, 15) is 8.78 Å². The second kappa shape index (κ2) is 4.82. The summed E-state index contributed by atoms with van der Waals surface area (Å²) in [6, 6.07) is 5.83. The van der Waals surface area contributed by atoms with Crippen LogP contribution in [0.15, 0.2) is 30.5 Å². The second-order valence-corrected chi connectivity index (χ2v) is 4.26. The summed E-state index contributed by atoms with van der Waals surface area (Å²) < 4.78 is 27.4. The quantitative estimate of drug-likeness (QED) is 0.887. The van der Waals surface area contributed by atoms with Crippen molar-refractivity contribution in [3.8, 4) is 0 Å². The van der Waals surface area contributed by atoms with E-state index in [2.05, 4.69) is 4.98 Å². The molecule has 2 nitrogen and oxygen atoms in total. The summed E-state index contributed by atoms with van der Waals surface area (Å²) in [5.41, 5.74) is 7.81. The van der Waals surface area contributed by atoms with Gasteiger partial charge in [0.1, 0.15) is 0 Å². The number of nitrogens with zero attached hydrogens (tertiary/aromatic N) is 1. The van der Waals surface area contributed by atoms with Gasteiger partial charge < -0.3 is 5.73 Å². The molecule has 0 aliphatic rings. The molecule has 1 unspecified atom stereocenters. The minimum absolute atomic E-state index is 0.147. The summed E-state index contributed by atoms with van der Waals surface area (Å²) in [4.78, 5) is 4.10. The summed E-state index contributed by atoms with van der Waals surface area (Å²) in [7, 11) is 0. The van der Waals surface area contributed by atoms with Crippen molar-refractivity contribution < 1.29 is 8.78 Å². The van der Waals surface area contributed by atoms with Gasteiger partial charge >= 0.3 is 0 Å². The summed E-state index contributed by atoms with van der Waals surface area (Å²) in [5.74, 6) is -1.73. The molecule has 0 aliphatic carbocycles. The first-order valence-corrected chi connectivity index (χ1v) is 5.64. The molecular formula is C14H14F2N2. The average molecular weight is 248 g/mol. The lowest BCUT2D eigenvalue weighted by Gasteiger charge is -2.16. The molecule has 4 heteroatoms. The maximum Gasteiger partial charge on any atom is 0.164 e. The number of aromatic nitrogens is 1. The van der Waals surface area contributed by atoms with Crippen molar-refractivity contribution in [2.45, 2.75) is 19.9 Å². The van der Waals surface area contributed by atoms with E-state index in [0.29, 0.717) is 11.3 Å². The molecule has 18 heavy (non-hydrogen) atoms. The van der Waals surface area contributed by atoms with Gasteiger partial charge in [0.25, 0.3) is 0 Å². The predicted molar refractivity (Wildman–Crippen MR) is 66.1 cm³/mol. The highest BCUT2D eigenvalue weighted by molar-refractivity contribution is 5.36. The highest BCUT2D eigenvalue weighted by Gasteiger charge is 2.19. The molecule has 0 saturated heterocycles. The van der Waals surface area contributed by atoms with E-state index >= 15 is 0 Å². The first kappa shape index (κ1) is 12.6. The fourth-order valence-corrected chi connectivity index (χ4v) is 1.89. The van der Waals surface area contributed by atoms with E-state index in [0.717, 1.165) is 0 Å². The molecule has 2 rings (SSSR count). The van der Waals surface area contributed by atoms with Crippen LogP contribution in [0, 0.1) is 25.5 Å². The Morgan fingerprint density at radius 3 is 2.44 bits per heavy atom. The largest absolute Gasteiger partial charge is 0.320 e. The zero-order valence-electron chi connectivity index (χ0n) is 10.2. The van der Waals surface area contributed by atoms with Crippen LogP contribution in [0.2, 0.25) is 0 Å². The normalized spacial score (nSPS) is 12.5. The molecule has 1 heterocycles. The summed E-state index contributed by atoms with van der Waals surface area (Å²) in [5, 5.41) is 0. The Balaban J connectivity index is 2.50. The number of pyridine rings is 1. The third kappa shape index (κ3) is 2.11. The Bertz CT molecular complexity index is 582. The van der Waals surface area contributed by atoms with E-state index in [1.54, 1.807) is 25.3 Å². The Morgan fingerprint density at radius 1 is 1.06 bits per heavy atom. The standard InChI is InChI=1S/C14H14F2N2/c1-8-5-6-11(13(16)12(8)15)14(17)10-4-3-7-18-9(10)2/h3-7,14H,17H2,1-2H3. The van der Waals surface area contributed by atoms with Gasteiger partial charge in [-0.15, -0.1) is 0 Å². The molecule has 1 aromatic heterocycles. The first-order chi connectivity index (χ1) is 8.52. The zero-order chi connectivity index (χ0) is 13.3. The molecule has 0 amide bonds. The summed E-state index contributed by atoms with van der Waals surface area (Å²) >= 11 is 0. The molecule has 1 atom stereocenters. The Hall–Kier alpha value is -1.81. The Labute approximate surface area is 104 Å². The second-order valence-electron chi connectivity index (χ2n) is 4.26. The van der Waals surface area contributed by atoms with Crippen LogP contribution >= 0.6 is 0 Å². The van der Waals surface area contributed by atoms with Gasteiger partial charge in [-0.3, -0.25) is 4.98 Å². The molecule has 0 radical (unpaired) electrons. The molecule has 1 aromatic carbocycles. The first-order valence-electron chi connectivity index (χ1n) is 5.64. The average Bonchev–Trinajstić information content (AvgIpc) is 2.36. The minimum Gasteiger partial charge on any atom is -0.320 e. The van der Waals surface area contributed by atoms with Gasteiger partial charge in [-0.05, 0) is 31.0 Å². The van der Waals surface area contributed by atoms with E-state index < -0.39 is 17.7 Å². The third-order valence-corrected chi connectivity index (χ3v) is 3.02. The van der Waals surface area contributed by atoms with Crippen LogP contribution in [0.4, 0.5) is 8.78 Å². The number of hydrogen-bond donors (Lipinski definition) is 1. The molecule has 0 saturated carbocycles. The van der Waals surface area contributed by atoms with E-state index in [1.807, 2.05) is 0 Å². The van der Waals surface area contributed by atoms with Gasteiger partial charge in [0.2, 0.25) is 0 Å². The molecule has 2 aromatic rings. The summed E-state index contributed by atoms with van der Waals surface area (Å²) in [6.07, 6.45) is 1.64. The highest BCUT2D eigenvalue weighted by atomic mass is 19.2. The number of benzene rings is 1. The van der Waals surface area contributed by atoms with E-state index in [-0.39, 0.29) is 11.1 Å². The van der Waals surface area contributed by atoms with Crippen molar-refractivity contribution in [2.75, 3.05) is 0 Å². The highest BCUT2D eigenvalue weighted by Crippen LogP contribution is 2.26. The van der Waals surface area contributed by atoms with Gasteiger partial charge in [0, 0.05) is 17.5 Å². The fraction of sp³-hybridized carbons (Fsp3) is 0.214. The van der Waals surface area contributed by atoms with Crippen molar-refractivity contribution in [2.24, 2.45) is 5.73 Å². The lowest BCUT2D eigenvalue weighted by atomic mass is 9.97. The van der Waals surface area contributed by atoms with Crippen molar-refractivity contribution in [1.82, 2.24) is 4.98 Å². The molecule has 0 aliphatic heterocycles.